The van der Waals surface area contributed by atoms with Crippen molar-refractivity contribution in [2.75, 3.05) is 12.8 Å². The molecule has 0 spiro atoms. The van der Waals surface area contributed by atoms with Crippen LogP contribution in [-0.2, 0) is 0 Å². The molecule has 17 heavy (non-hydrogen) atoms. The quantitative estimate of drug-likeness (QED) is 0.729. The Kier molecular flexibility index (Phi) is 7.61. The third-order valence-corrected chi connectivity index (χ3v) is 5.97. The monoisotopic (exact) mass is 257 g/mol. The molecule has 2 heteroatoms. The number of hydrogen-bond donors (Lipinski definition) is 1. The molecule has 0 saturated heterocycles. The van der Waals surface area contributed by atoms with E-state index in [2.05, 4.69) is 44.9 Å². The highest BCUT2D eigenvalue weighted by Gasteiger charge is 2.29. The molecule has 0 radical (unpaired) electrons. The van der Waals surface area contributed by atoms with Crippen LogP contribution in [0.1, 0.15) is 59.3 Å². The second-order valence-electron chi connectivity index (χ2n) is 5.75. The maximum absolute atomic E-state index is 3.54. The number of nitrogens with one attached hydrogen (secondary N) is 1. The van der Waals surface area contributed by atoms with Gasteiger partial charge < -0.3 is 5.32 Å². The lowest BCUT2D eigenvalue weighted by atomic mass is 9.83. The molecular formula is C15H31NS. The first-order valence-corrected chi connectivity index (χ1v) is 8.54. The van der Waals surface area contributed by atoms with E-state index in [9.17, 15) is 0 Å². The van der Waals surface area contributed by atoms with Gasteiger partial charge in [0.1, 0.15) is 0 Å². The molecule has 102 valence electrons. The van der Waals surface area contributed by atoms with Gasteiger partial charge in [-0.3, -0.25) is 0 Å². The molecular weight excluding hydrogens is 226 g/mol. The Labute approximate surface area is 113 Å². The molecule has 0 aromatic rings. The van der Waals surface area contributed by atoms with Crippen molar-refractivity contribution in [1.82, 2.24) is 5.32 Å². The van der Waals surface area contributed by atoms with Crippen molar-refractivity contribution in [1.29, 1.82) is 0 Å². The van der Waals surface area contributed by atoms with E-state index in [1.165, 1.54) is 44.3 Å². The van der Waals surface area contributed by atoms with E-state index in [0.29, 0.717) is 0 Å². The van der Waals surface area contributed by atoms with Crippen molar-refractivity contribution < 1.29 is 0 Å². The number of hydrogen-bond acceptors (Lipinski definition) is 2. The summed E-state index contributed by atoms with van der Waals surface area (Å²) in [5.41, 5.74) is 0. The third-order valence-electron chi connectivity index (χ3n) is 4.26. The van der Waals surface area contributed by atoms with Crippen molar-refractivity contribution in [3.05, 3.63) is 0 Å². The van der Waals surface area contributed by atoms with Crippen LogP contribution >= 0.6 is 11.8 Å². The van der Waals surface area contributed by atoms with Gasteiger partial charge in [0.05, 0.1) is 0 Å². The lowest BCUT2D eigenvalue weighted by Gasteiger charge is -2.36. The molecule has 1 nitrogen and oxygen atoms in total. The van der Waals surface area contributed by atoms with Gasteiger partial charge in [-0.05, 0) is 43.9 Å². The molecule has 1 aliphatic carbocycles. The fraction of sp³-hybridized carbons (Fsp3) is 1.00. The lowest BCUT2D eigenvalue weighted by Crippen LogP contribution is -2.41. The van der Waals surface area contributed by atoms with Gasteiger partial charge in [0.25, 0.3) is 0 Å². The Morgan fingerprint density at radius 1 is 1.29 bits per heavy atom. The number of thioether (sulfide) groups is 1. The van der Waals surface area contributed by atoms with E-state index in [0.717, 1.165) is 23.1 Å². The maximum atomic E-state index is 3.54. The highest BCUT2D eigenvalue weighted by atomic mass is 32.2. The van der Waals surface area contributed by atoms with Crippen LogP contribution in [0, 0.1) is 11.8 Å². The first kappa shape index (κ1) is 15.4. The van der Waals surface area contributed by atoms with Crippen LogP contribution in [0.2, 0.25) is 0 Å². The molecule has 0 amide bonds. The topological polar surface area (TPSA) is 12.0 Å². The van der Waals surface area contributed by atoms with E-state index in [4.69, 9.17) is 0 Å². The van der Waals surface area contributed by atoms with Crippen molar-refractivity contribution in [2.24, 2.45) is 11.8 Å². The van der Waals surface area contributed by atoms with Gasteiger partial charge in [-0.15, -0.1) is 0 Å². The Bertz CT molecular complexity index is 195. The molecule has 0 aromatic carbocycles. The normalized spacial score (nSPS) is 31.4. The highest BCUT2D eigenvalue weighted by molar-refractivity contribution is 7.99. The second kappa shape index (κ2) is 8.42. The summed E-state index contributed by atoms with van der Waals surface area (Å²) < 4.78 is 0. The standard InChI is InChI=1S/C15H31NS/c1-5-7-13-8-9-14(16-4)15(10-13)17-11-12(3)6-2/h12-16H,5-11H2,1-4H3. The van der Waals surface area contributed by atoms with Crippen LogP contribution < -0.4 is 5.32 Å². The van der Waals surface area contributed by atoms with Crippen molar-refractivity contribution in [3.63, 3.8) is 0 Å². The van der Waals surface area contributed by atoms with Gasteiger partial charge in [0.15, 0.2) is 0 Å². The zero-order valence-corrected chi connectivity index (χ0v) is 13.0. The molecule has 0 aromatic heterocycles. The third kappa shape index (κ3) is 5.21. The molecule has 1 N–H and O–H groups in total. The summed E-state index contributed by atoms with van der Waals surface area (Å²) in [6, 6.07) is 0.761. The molecule has 4 unspecified atom stereocenters. The van der Waals surface area contributed by atoms with Crippen molar-refractivity contribution in [3.8, 4) is 0 Å². The van der Waals surface area contributed by atoms with E-state index in [1.807, 2.05) is 0 Å². The van der Waals surface area contributed by atoms with E-state index in [-0.39, 0.29) is 0 Å². The summed E-state index contributed by atoms with van der Waals surface area (Å²) >= 11 is 2.23. The summed E-state index contributed by atoms with van der Waals surface area (Å²) in [5.74, 6) is 3.22. The lowest BCUT2D eigenvalue weighted by molar-refractivity contribution is 0.295. The maximum Gasteiger partial charge on any atom is 0.0203 e. The Balaban J connectivity index is 2.39. The largest absolute Gasteiger partial charge is 0.316 e. The van der Waals surface area contributed by atoms with Crippen LogP contribution in [0.3, 0.4) is 0 Å². The summed E-state index contributed by atoms with van der Waals surface area (Å²) in [7, 11) is 2.14. The van der Waals surface area contributed by atoms with Crippen molar-refractivity contribution >= 4 is 11.8 Å². The number of rotatable bonds is 7. The van der Waals surface area contributed by atoms with Crippen LogP contribution in [0.25, 0.3) is 0 Å². The van der Waals surface area contributed by atoms with Gasteiger partial charge in [-0.2, -0.15) is 11.8 Å². The fourth-order valence-electron chi connectivity index (χ4n) is 2.80. The summed E-state index contributed by atoms with van der Waals surface area (Å²) in [6.45, 7) is 7.01. The van der Waals surface area contributed by atoms with E-state index < -0.39 is 0 Å². The minimum atomic E-state index is 0.761. The molecule has 0 heterocycles. The predicted octanol–water partition coefficient (Wildman–Crippen LogP) is 4.32. The van der Waals surface area contributed by atoms with E-state index >= 15 is 0 Å². The van der Waals surface area contributed by atoms with Crippen LogP contribution in [-0.4, -0.2) is 24.1 Å². The van der Waals surface area contributed by atoms with E-state index in [1.54, 1.807) is 0 Å². The average molecular weight is 257 g/mol. The van der Waals surface area contributed by atoms with Crippen LogP contribution in [0.4, 0.5) is 0 Å². The molecule has 1 aliphatic rings. The molecule has 1 fully saturated rings. The Morgan fingerprint density at radius 3 is 2.65 bits per heavy atom. The van der Waals surface area contributed by atoms with Gasteiger partial charge in [0, 0.05) is 11.3 Å². The fourth-order valence-corrected chi connectivity index (χ4v) is 4.53. The SMILES string of the molecule is CCCC1CCC(NC)C(SCC(C)CC)C1. The minimum absolute atomic E-state index is 0.761. The van der Waals surface area contributed by atoms with Crippen LogP contribution in [0.15, 0.2) is 0 Å². The molecule has 0 bridgehead atoms. The Morgan fingerprint density at radius 2 is 2.06 bits per heavy atom. The smallest absolute Gasteiger partial charge is 0.0203 e. The molecule has 0 aliphatic heterocycles. The molecule has 4 atom stereocenters. The minimum Gasteiger partial charge on any atom is -0.316 e. The van der Waals surface area contributed by atoms with Gasteiger partial charge in [0.2, 0.25) is 0 Å². The summed E-state index contributed by atoms with van der Waals surface area (Å²) in [5, 5.41) is 4.40. The highest BCUT2D eigenvalue weighted by Crippen LogP contribution is 2.35. The average Bonchev–Trinajstić information content (AvgIpc) is 2.36. The zero-order chi connectivity index (χ0) is 12.7. The first-order valence-electron chi connectivity index (χ1n) is 7.50. The Hall–Kier alpha value is 0.310. The summed E-state index contributed by atoms with van der Waals surface area (Å²) in [4.78, 5) is 0. The summed E-state index contributed by atoms with van der Waals surface area (Å²) in [6.07, 6.45) is 8.40. The van der Waals surface area contributed by atoms with Crippen molar-refractivity contribution in [2.45, 2.75) is 70.6 Å². The van der Waals surface area contributed by atoms with Gasteiger partial charge >= 0.3 is 0 Å². The first-order chi connectivity index (χ1) is 8.21. The van der Waals surface area contributed by atoms with Gasteiger partial charge in [-0.25, -0.2) is 0 Å². The predicted molar refractivity (Wildman–Crippen MR) is 80.8 cm³/mol. The van der Waals surface area contributed by atoms with Gasteiger partial charge in [-0.1, -0.05) is 40.0 Å². The molecule has 1 saturated carbocycles. The zero-order valence-electron chi connectivity index (χ0n) is 12.2. The second-order valence-corrected chi connectivity index (χ2v) is 7.02. The van der Waals surface area contributed by atoms with Crippen LogP contribution in [0.5, 0.6) is 0 Å². The molecule has 1 rings (SSSR count).